The Balaban J connectivity index is 1.60. The van der Waals surface area contributed by atoms with Gasteiger partial charge in [0, 0.05) is 5.39 Å². The summed E-state index contributed by atoms with van der Waals surface area (Å²) in [4.78, 5) is 28.2. The maximum atomic E-state index is 12.8. The molecule has 0 fully saturated rings. The van der Waals surface area contributed by atoms with Gasteiger partial charge in [0.2, 0.25) is 0 Å². The summed E-state index contributed by atoms with van der Waals surface area (Å²) in [5.41, 5.74) is 4.98. The average molecular weight is 385 g/mol. The number of aromatic carboxylic acids is 1. The minimum atomic E-state index is -1.00. The molecule has 4 aromatic rings. The van der Waals surface area contributed by atoms with Crippen LogP contribution in [-0.4, -0.2) is 28.2 Å². The topological polar surface area (TPSA) is 105 Å². The first kappa shape index (κ1) is 18.1. The normalized spacial score (nSPS) is 11.0. The number of hydrogen-bond acceptors (Lipinski definition) is 5. The Bertz CT molecular complexity index is 1210. The predicted octanol–water partition coefficient (Wildman–Crippen LogP) is 3.96. The molecule has 1 amide bonds. The van der Waals surface area contributed by atoms with Crippen LogP contribution in [0.4, 0.5) is 0 Å². The number of fused-ring (bicyclic) bond motifs is 1. The highest BCUT2D eigenvalue weighted by Gasteiger charge is 2.14. The van der Waals surface area contributed by atoms with Gasteiger partial charge in [-0.05, 0) is 42.0 Å². The summed E-state index contributed by atoms with van der Waals surface area (Å²) in [5.74, 6) is -0.833. The monoisotopic (exact) mass is 385 g/mol. The van der Waals surface area contributed by atoms with E-state index in [0.717, 1.165) is 0 Å². The van der Waals surface area contributed by atoms with Gasteiger partial charge in [-0.25, -0.2) is 15.2 Å². The van der Waals surface area contributed by atoms with Crippen LogP contribution < -0.4 is 5.43 Å². The zero-order valence-corrected chi connectivity index (χ0v) is 15.1. The Hall–Kier alpha value is -4.26. The first-order valence-corrected chi connectivity index (χ1v) is 8.72. The van der Waals surface area contributed by atoms with Crippen LogP contribution in [0.1, 0.15) is 26.3 Å². The zero-order chi connectivity index (χ0) is 20.2. The quantitative estimate of drug-likeness (QED) is 0.400. The number of carbonyl (C=O) groups is 2. The second-order valence-electron chi connectivity index (χ2n) is 6.18. The second kappa shape index (κ2) is 7.77. The van der Waals surface area contributed by atoms with Crippen molar-refractivity contribution in [2.45, 2.75) is 0 Å². The second-order valence-corrected chi connectivity index (χ2v) is 6.18. The highest BCUT2D eigenvalue weighted by molar-refractivity contribution is 6.07. The predicted molar refractivity (Wildman–Crippen MR) is 108 cm³/mol. The summed E-state index contributed by atoms with van der Waals surface area (Å²) in [7, 11) is 0. The minimum Gasteiger partial charge on any atom is -0.478 e. The van der Waals surface area contributed by atoms with Crippen LogP contribution in [0, 0.1) is 0 Å². The number of aromatic nitrogens is 1. The number of carbonyl (C=O) groups excluding carboxylic acids is 1. The number of rotatable bonds is 5. The van der Waals surface area contributed by atoms with E-state index < -0.39 is 11.9 Å². The Kier molecular flexibility index (Phi) is 4.86. The van der Waals surface area contributed by atoms with Gasteiger partial charge in [0.25, 0.3) is 5.91 Å². The lowest BCUT2D eigenvalue weighted by Crippen LogP contribution is -2.18. The highest BCUT2D eigenvalue weighted by Crippen LogP contribution is 2.25. The molecule has 29 heavy (non-hydrogen) atoms. The van der Waals surface area contributed by atoms with E-state index in [0.29, 0.717) is 33.5 Å². The summed E-state index contributed by atoms with van der Waals surface area (Å²) in [5, 5.41) is 13.6. The number of hydrazone groups is 1. The van der Waals surface area contributed by atoms with Crippen molar-refractivity contribution >= 4 is 29.0 Å². The van der Waals surface area contributed by atoms with Crippen molar-refractivity contribution in [1.82, 2.24) is 10.4 Å². The van der Waals surface area contributed by atoms with Gasteiger partial charge in [-0.2, -0.15) is 5.10 Å². The van der Waals surface area contributed by atoms with Gasteiger partial charge in [-0.3, -0.25) is 4.79 Å². The van der Waals surface area contributed by atoms with E-state index in [1.807, 2.05) is 24.3 Å². The number of nitrogens with one attached hydrogen (secondary N) is 1. The van der Waals surface area contributed by atoms with Crippen LogP contribution >= 0.6 is 0 Å². The fourth-order valence-electron chi connectivity index (χ4n) is 2.85. The van der Waals surface area contributed by atoms with E-state index in [-0.39, 0.29) is 5.56 Å². The van der Waals surface area contributed by atoms with Crippen molar-refractivity contribution in [2.75, 3.05) is 0 Å². The summed E-state index contributed by atoms with van der Waals surface area (Å²) < 4.78 is 5.40. The molecule has 0 saturated heterocycles. The number of carboxylic acids is 1. The molecular weight excluding hydrogens is 370 g/mol. The largest absolute Gasteiger partial charge is 0.478 e. The lowest BCUT2D eigenvalue weighted by atomic mass is 10.1. The molecule has 7 heteroatoms. The van der Waals surface area contributed by atoms with Crippen molar-refractivity contribution < 1.29 is 19.1 Å². The molecule has 2 heterocycles. The van der Waals surface area contributed by atoms with Crippen LogP contribution in [0.15, 0.2) is 82.5 Å². The summed E-state index contributed by atoms with van der Waals surface area (Å²) >= 11 is 0. The van der Waals surface area contributed by atoms with Crippen molar-refractivity contribution in [3.8, 4) is 11.5 Å². The molecule has 4 rings (SSSR count). The van der Waals surface area contributed by atoms with Gasteiger partial charge >= 0.3 is 5.97 Å². The van der Waals surface area contributed by atoms with Crippen LogP contribution in [0.2, 0.25) is 0 Å². The number of nitrogens with zero attached hydrogens (tertiary/aromatic N) is 2. The fraction of sp³-hybridized carbons (Fsp3) is 0. The van der Waals surface area contributed by atoms with Crippen molar-refractivity contribution in [1.29, 1.82) is 0 Å². The molecule has 2 aromatic heterocycles. The maximum Gasteiger partial charge on any atom is 0.335 e. The Morgan fingerprint density at radius 2 is 1.83 bits per heavy atom. The number of carboxylic acid groups (broad SMARTS) is 1. The number of para-hydroxylation sites is 1. The molecule has 0 atom stereocenters. The van der Waals surface area contributed by atoms with Gasteiger partial charge in [-0.1, -0.05) is 30.3 Å². The van der Waals surface area contributed by atoms with E-state index in [1.54, 1.807) is 36.6 Å². The molecule has 2 N–H and O–H groups in total. The van der Waals surface area contributed by atoms with Gasteiger partial charge in [0.15, 0.2) is 5.76 Å². The number of hydrogen-bond donors (Lipinski definition) is 2. The van der Waals surface area contributed by atoms with Crippen LogP contribution in [-0.2, 0) is 0 Å². The lowest BCUT2D eigenvalue weighted by molar-refractivity contribution is 0.0696. The lowest BCUT2D eigenvalue weighted by Gasteiger charge is -2.07. The third kappa shape index (κ3) is 3.89. The van der Waals surface area contributed by atoms with Crippen molar-refractivity contribution in [3.63, 3.8) is 0 Å². The Labute approximate surface area is 165 Å². The molecule has 2 aromatic carbocycles. The molecule has 0 aliphatic carbocycles. The zero-order valence-electron chi connectivity index (χ0n) is 15.1. The number of pyridine rings is 1. The van der Waals surface area contributed by atoms with Crippen LogP contribution in [0.25, 0.3) is 22.4 Å². The first-order valence-electron chi connectivity index (χ1n) is 8.72. The summed E-state index contributed by atoms with van der Waals surface area (Å²) in [6.07, 6.45) is 2.99. The molecule has 0 aliphatic heterocycles. The number of amides is 1. The SMILES string of the molecule is O=C(O)c1ccc(/C=N/NC(=O)c2cc(-c3ccco3)nc3ccccc23)cc1. The molecule has 0 unspecified atom stereocenters. The molecular formula is C22H15N3O4. The van der Waals surface area contributed by atoms with Gasteiger partial charge in [0.1, 0.15) is 5.69 Å². The Morgan fingerprint density at radius 3 is 2.55 bits per heavy atom. The average Bonchev–Trinajstić information content (AvgIpc) is 3.28. The molecule has 0 saturated carbocycles. The van der Waals surface area contributed by atoms with E-state index in [2.05, 4.69) is 15.5 Å². The number of furan rings is 1. The third-order valence-electron chi connectivity index (χ3n) is 4.27. The first-order chi connectivity index (χ1) is 14.1. The standard InChI is InChI=1S/C22H15N3O4/c26-21(25-23-13-14-7-9-15(10-8-14)22(27)28)17-12-19(20-6-3-11-29-20)24-18-5-2-1-4-16(17)18/h1-13H,(H,25,26)(H,27,28)/b23-13+. The summed E-state index contributed by atoms with van der Waals surface area (Å²) in [6.45, 7) is 0. The van der Waals surface area contributed by atoms with E-state index in [4.69, 9.17) is 9.52 Å². The Morgan fingerprint density at radius 1 is 1.03 bits per heavy atom. The van der Waals surface area contributed by atoms with Crippen LogP contribution in [0.3, 0.4) is 0 Å². The van der Waals surface area contributed by atoms with Gasteiger partial charge < -0.3 is 9.52 Å². The fourth-order valence-corrected chi connectivity index (χ4v) is 2.85. The summed E-state index contributed by atoms with van der Waals surface area (Å²) in [6, 6.07) is 18.7. The molecule has 142 valence electrons. The smallest absolute Gasteiger partial charge is 0.335 e. The molecule has 0 aliphatic rings. The van der Waals surface area contributed by atoms with E-state index in [9.17, 15) is 9.59 Å². The van der Waals surface area contributed by atoms with E-state index in [1.165, 1.54) is 18.3 Å². The van der Waals surface area contributed by atoms with Gasteiger partial charge in [-0.15, -0.1) is 0 Å². The molecule has 0 radical (unpaired) electrons. The van der Waals surface area contributed by atoms with Crippen molar-refractivity contribution in [3.05, 3.63) is 89.7 Å². The number of benzene rings is 2. The maximum absolute atomic E-state index is 12.8. The molecule has 0 bridgehead atoms. The minimum absolute atomic E-state index is 0.180. The molecule has 7 nitrogen and oxygen atoms in total. The molecule has 0 spiro atoms. The van der Waals surface area contributed by atoms with Crippen molar-refractivity contribution in [2.24, 2.45) is 5.10 Å². The van der Waals surface area contributed by atoms with Gasteiger partial charge in [0.05, 0.1) is 29.1 Å². The highest BCUT2D eigenvalue weighted by atomic mass is 16.4. The third-order valence-corrected chi connectivity index (χ3v) is 4.27. The van der Waals surface area contributed by atoms with E-state index >= 15 is 0 Å². The van der Waals surface area contributed by atoms with Crippen LogP contribution in [0.5, 0.6) is 0 Å².